The average molecular weight is 337 g/mol. The van der Waals surface area contributed by atoms with E-state index in [0.717, 1.165) is 16.7 Å². The molecule has 0 aliphatic rings. The first-order valence-corrected chi connectivity index (χ1v) is 8.22. The Morgan fingerprint density at radius 1 is 1.04 bits per heavy atom. The van der Waals surface area contributed by atoms with E-state index in [9.17, 15) is 9.59 Å². The van der Waals surface area contributed by atoms with Crippen molar-refractivity contribution in [2.75, 3.05) is 5.32 Å². The minimum Gasteiger partial charge on any atom is -0.326 e. The zero-order chi connectivity index (χ0) is 18.4. The Morgan fingerprint density at radius 2 is 1.64 bits per heavy atom. The van der Waals surface area contributed by atoms with E-state index >= 15 is 0 Å². The third-order valence-corrected chi connectivity index (χ3v) is 3.85. The number of amides is 2. The maximum atomic E-state index is 12.1. The number of rotatable bonds is 5. The molecule has 0 atom stereocenters. The second-order valence-electron chi connectivity index (χ2n) is 5.99. The molecule has 0 radical (unpaired) electrons. The Hall–Kier alpha value is -2.95. The van der Waals surface area contributed by atoms with Gasteiger partial charge in [0.05, 0.1) is 6.21 Å². The maximum absolute atomic E-state index is 12.1. The minimum atomic E-state index is -0.299. The van der Waals surface area contributed by atoms with Crippen LogP contribution in [-0.2, 0) is 4.79 Å². The highest BCUT2D eigenvalue weighted by atomic mass is 16.2. The molecule has 2 aromatic rings. The zero-order valence-electron chi connectivity index (χ0n) is 15.0. The first-order chi connectivity index (χ1) is 11.9. The molecule has 0 heterocycles. The molecule has 0 saturated heterocycles. The van der Waals surface area contributed by atoms with Gasteiger partial charge in [0.1, 0.15) is 0 Å². The lowest BCUT2D eigenvalue weighted by Crippen LogP contribution is -2.18. The highest BCUT2D eigenvalue weighted by molar-refractivity contribution is 5.96. The highest BCUT2D eigenvalue weighted by Crippen LogP contribution is 2.14. The van der Waals surface area contributed by atoms with E-state index in [1.807, 2.05) is 13.8 Å². The third-order valence-electron chi connectivity index (χ3n) is 3.85. The van der Waals surface area contributed by atoms with E-state index in [1.54, 1.807) is 37.4 Å². The van der Waals surface area contributed by atoms with Crippen LogP contribution in [0.1, 0.15) is 46.0 Å². The fourth-order valence-corrected chi connectivity index (χ4v) is 2.57. The summed E-state index contributed by atoms with van der Waals surface area (Å²) in [7, 11) is 0. The predicted molar refractivity (Wildman–Crippen MR) is 101 cm³/mol. The fraction of sp³-hybridized carbons (Fsp3) is 0.250. The van der Waals surface area contributed by atoms with Gasteiger partial charge in [0.2, 0.25) is 5.91 Å². The molecule has 0 aromatic heterocycles. The number of nitrogens with one attached hydrogen (secondary N) is 2. The SMILES string of the molecule is CCC(=O)Nc1ccc(C(=O)N/N=C\c2c(C)cc(C)cc2C)cc1. The topological polar surface area (TPSA) is 70.6 Å². The van der Waals surface area contributed by atoms with Crippen molar-refractivity contribution in [3.63, 3.8) is 0 Å². The number of nitrogens with zero attached hydrogens (tertiary/aromatic N) is 1. The lowest BCUT2D eigenvalue weighted by atomic mass is 10.0. The fourth-order valence-electron chi connectivity index (χ4n) is 2.57. The Bertz CT molecular complexity index is 785. The van der Waals surface area contributed by atoms with Crippen LogP contribution in [0.25, 0.3) is 0 Å². The first kappa shape index (κ1) is 18.4. The number of aryl methyl sites for hydroxylation is 3. The molecule has 130 valence electrons. The van der Waals surface area contributed by atoms with Gasteiger partial charge in [0.25, 0.3) is 5.91 Å². The molecule has 0 fully saturated rings. The molecule has 5 nitrogen and oxygen atoms in total. The molecule has 2 rings (SSSR count). The van der Waals surface area contributed by atoms with Gasteiger partial charge >= 0.3 is 0 Å². The number of hydrazone groups is 1. The highest BCUT2D eigenvalue weighted by Gasteiger charge is 2.06. The molecule has 0 spiro atoms. The largest absolute Gasteiger partial charge is 0.326 e. The molecule has 2 aromatic carbocycles. The summed E-state index contributed by atoms with van der Waals surface area (Å²) in [5.74, 6) is -0.363. The van der Waals surface area contributed by atoms with Gasteiger partial charge in [-0.05, 0) is 56.2 Å². The minimum absolute atomic E-state index is 0.0642. The van der Waals surface area contributed by atoms with Gasteiger partial charge in [-0.2, -0.15) is 5.10 Å². The lowest BCUT2D eigenvalue weighted by molar-refractivity contribution is -0.115. The number of hydrogen-bond donors (Lipinski definition) is 2. The summed E-state index contributed by atoms with van der Waals surface area (Å²) in [6, 6.07) is 10.9. The van der Waals surface area contributed by atoms with Crippen molar-refractivity contribution in [1.82, 2.24) is 5.43 Å². The normalized spacial score (nSPS) is 10.7. The number of hydrogen-bond acceptors (Lipinski definition) is 3. The number of anilines is 1. The van der Waals surface area contributed by atoms with E-state index < -0.39 is 0 Å². The maximum Gasteiger partial charge on any atom is 0.271 e. The first-order valence-electron chi connectivity index (χ1n) is 8.22. The van der Waals surface area contributed by atoms with Crippen LogP contribution in [0.5, 0.6) is 0 Å². The van der Waals surface area contributed by atoms with E-state index in [1.165, 1.54) is 5.56 Å². The van der Waals surface area contributed by atoms with Crippen LogP contribution in [0.15, 0.2) is 41.5 Å². The molecular weight excluding hydrogens is 314 g/mol. The van der Waals surface area contributed by atoms with Crippen LogP contribution >= 0.6 is 0 Å². The van der Waals surface area contributed by atoms with Gasteiger partial charge in [0.15, 0.2) is 0 Å². The molecular formula is C20H23N3O2. The van der Waals surface area contributed by atoms with Crippen LogP contribution in [0, 0.1) is 20.8 Å². The van der Waals surface area contributed by atoms with Crippen molar-refractivity contribution >= 4 is 23.7 Å². The predicted octanol–water partition coefficient (Wildman–Crippen LogP) is 3.72. The molecule has 0 bridgehead atoms. The van der Waals surface area contributed by atoms with Crippen molar-refractivity contribution < 1.29 is 9.59 Å². The van der Waals surface area contributed by atoms with Crippen molar-refractivity contribution in [2.45, 2.75) is 34.1 Å². The Balaban J connectivity index is 2.02. The number of carbonyl (C=O) groups is 2. The Labute approximate surface area is 148 Å². The van der Waals surface area contributed by atoms with Gasteiger partial charge < -0.3 is 5.32 Å². The Morgan fingerprint density at radius 3 is 2.20 bits per heavy atom. The zero-order valence-corrected chi connectivity index (χ0v) is 15.0. The van der Waals surface area contributed by atoms with Crippen LogP contribution in [-0.4, -0.2) is 18.0 Å². The third kappa shape index (κ3) is 5.01. The number of carbonyl (C=O) groups excluding carboxylic acids is 2. The van der Waals surface area contributed by atoms with Crippen LogP contribution in [0.4, 0.5) is 5.69 Å². The molecule has 2 amide bonds. The molecule has 0 aliphatic heterocycles. The monoisotopic (exact) mass is 337 g/mol. The van der Waals surface area contributed by atoms with E-state index in [4.69, 9.17) is 0 Å². The second-order valence-corrected chi connectivity index (χ2v) is 5.99. The van der Waals surface area contributed by atoms with Gasteiger partial charge in [-0.3, -0.25) is 9.59 Å². The summed E-state index contributed by atoms with van der Waals surface area (Å²) in [5.41, 5.74) is 8.11. The lowest BCUT2D eigenvalue weighted by Gasteiger charge is -2.07. The van der Waals surface area contributed by atoms with Crippen molar-refractivity contribution in [3.05, 3.63) is 64.2 Å². The molecule has 0 saturated carbocycles. The van der Waals surface area contributed by atoms with Crippen LogP contribution < -0.4 is 10.7 Å². The summed E-state index contributed by atoms with van der Waals surface area (Å²) in [4.78, 5) is 23.5. The number of benzene rings is 2. The average Bonchev–Trinajstić information content (AvgIpc) is 2.57. The summed E-state index contributed by atoms with van der Waals surface area (Å²) < 4.78 is 0. The standard InChI is InChI=1S/C20H23N3O2/c1-5-19(24)22-17-8-6-16(7-9-17)20(25)23-21-12-18-14(3)10-13(2)11-15(18)4/h6-12H,5H2,1-4H3,(H,22,24)(H,23,25)/b21-12-. The van der Waals surface area contributed by atoms with Crippen molar-refractivity contribution in [1.29, 1.82) is 0 Å². The quantitative estimate of drug-likeness (QED) is 0.645. The van der Waals surface area contributed by atoms with E-state index in [-0.39, 0.29) is 11.8 Å². The van der Waals surface area contributed by atoms with Crippen LogP contribution in [0.3, 0.4) is 0 Å². The van der Waals surface area contributed by atoms with Gasteiger partial charge in [0, 0.05) is 23.2 Å². The smallest absolute Gasteiger partial charge is 0.271 e. The molecule has 5 heteroatoms. The van der Waals surface area contributed by atoms with E-state index in [0.29, 0.717) is 17.7 Å². The second kappa shape index (κ2) is 8.24. The summed E-state index contributed by atoms with van der Waals surface area (Å²) in [5, 5.41) is 6.80. The van der Waals surface area contributed by atoms with Crippen molar-refractivity contribution in [3.8, 4) is 0 Å². The summed E-state index contributed by atoms with van der Waals surface area (Å²) >= 11 is 0. The van der Waals surface area contributed by atoms with Gasteiger partial charge in [-0.1, -0.05) is 24.6 Å². The van der Waals surface area contributed by atoms with Gasteiger partial charge in [-0.25, -0.2) is 5.43 Å². The van der Waals surface area contributed by atoms with Crippen molar-refractivity contribution in [2.24, 2.45) is 5.10 Å². The molecule has 0 unspecified atom stereocenters. The van der Waals surface area contributed by atoms with Gasteiger partial charge in [-0.15, -0.1) is 0 Å². The van der Waals surface area contributed by atoms with Crippen LogP contribution in [0.2, 0.25) is 0 Å². The summed E-state index contributed by atoms with van der Waals surface area (Å²) in [6.07, 6.45) is 2.08. The molecule has 0 aliphatic carbocycles. The van der Waals surface area contributed by atoms with E-state index in [2.05, 4.69) is 34.9 Å². The Kier molecular flexibility index (Phi) is 6.06. The summed E-state index contributed by atoms with van der Waals surface area (Å²) in [6.45, 7) is 7.88. The molecule has 2 N–H and O–H groups in total. The molecule has 25 heavy (non-hydrogen) atoms.